The van der Waals surface area contributed by atoms with E-state index >= 15 is 0 Å². The molecule has 0 radical (unpaired) electrons. The molecule has 1 aliphatic rings. The average molecular weight is 204 g/mol. The summed E-state index contributed by atoms with van der Waals surface area (Å²) in [6.45, 7) is 8.19. The molecule has 0 spiro atoms. The molecule has 4 heteroatoms. The van der Waals surface area contributed by atoms with Crippen molar-refractivity contribution in [1.82, 2.24) is 9.62 Å². The topological polar surface area (TPSA) is 32.3 Å². The highest BCUT2D eigenvalue weighted by molar-refractivity contribution is 7.82. The summed E-state index contributed by atoms with van der Waals surface area (Å²) in [5.41, 5.74) is 0. The molecule has 1 fully saturated rings. The maximum absolute atomic E-state index is 11.7. The van der Waals surface area contributed by atoms with Crippen molar-refractivity contribution < 1.29 is 4.21 Å². The van der Waals surface area contributed by atoms with Gasteiger partial charge in [-0.25, -0.2) is 8.51 Å². The molecule has 0 aliphatic carbocycles. The normalized spacial score (nSPS) is 33.2. The van der Waals surface area contributed by atoms with Crippen LogP contribution < -0.4 is 5.32 Å². The summed E-state index contributed by atoms with van der Waals surface area (Å²) in [4.78, 5) is 0. The second-order valence-corrected chi connectivity index (χ2v) is 5.41. The van der Waals surface area contributed by atoms with Crippen molar-refractivity contribution in [1.29, 1.82) is 0 Å². The molecule has 1 N–H and O–H groups in total. The molecule has 0 aromatic carbocycles. The third-order valence-electron chi connectivity index (χ3n) is 2.19. The van der Waals surface area contributed by atoms with Crippen molar-refractivity contribution in [2.75, 3.05) is 18.8 Å². The smallest absolute Gasteiger partial charge is 0.0943 e. The first-order valence-electron chi connectivity index (χ1n) is 5.03. The maximum atomic E-state index is 11.7. The second kappa shape index (κ2) is 5.08. The zero-order valence-corrected chi connectivity index (χ0v) is 9.56. The van der Waals surface area contributed by atoms with Gasteiger partial charge in [0.25, 0.3) is 0 Å². The lowest BCUT2D eigenvalue weighted by atomic mass is 10.2. The van der Waals surface area contributed by atoms with Crippen molar-refractivity contribution in [3.63, 3.8) is 0 Å². The summed E-state index contributed by atoms with van der Waals surface area (Å²) in [6.07, 6.45) is 0.999. The van der Waals surface area contributed by atoms with E-state index in [2.05, 4.69) is 30.4 Å². The first-order valence-corrected chi connectivity index (χ1v) is 6.30. The van der Waals surface area contributed by atoms with Crippen LogP contribution in [-0.4, -0.2) is 39.4 Å². The predicted molar refractivity (Wildman–Crippen MR) is 56.9 cm³/mol. The van der Waals surface area contributed by atoms with Gasteiger partial charge in [0.2, 0.25) is 0 Å². The molecule has 0 saturated carbocycles. The van der Waals surface area contributed by atoms with Crippen LogP contribution in [-0.2, 0) is 11.0 Å². The molecule has 0 bridgehead atoms. The van der Waals surface area contributed by atoms with E-state index in [0.29, 0.717) is 12.1 Å². The molecule has 3 atom stereocenters. The van der Waals surface area contributed by atoms with Crippen molar-refractivity contribution in [3.05, 3.63) is 0 Å². The summed E-state index contributed by atoms with van der Waals surface area (Å²) in [5.74, 6) is 0.805. The van der Waals surface area contributed by atoms with E-state index in [-0.39, 0.29) is 0 Å². The molecule has 1 rings (SSSR count). The minimum Gasteiger partial charge on any atom is -0.309 e. The van der Waals surface area contributed by atoms with Crippen LogP contribution in [0.1, 0.15) is 27.2 Å². The Morgan fingerprint density at radius 2 is 1.92 bits per heavy atom. The third-order valence-corrected chi connectivity index (χ3v) is 3.82. The van der Waals surface area contributed by atoms with Crippen LogP contribution in [0.4, 0.5) is 0 Å². The molecule has 0 aromatic rings. The summed E-state index contributed by atoms with van der Waals surface area (Å²) >= 11 is 0. The Labute approximate surface area is 83.5 Å². The van der Waals surface area contributed by atoms with Crippen LogP contribution >= 0.6 is 0 Å². The molecule has 1 aliphatic heterocycles. The molecule has 1 unspecified atom stereocenters. The van der Waals surface area contributed by atoms with Gasteiger partial charge in [-0.3, -0.25) is 0 Å². The van der Waals surface area contributed by atoms with Gasteiger partial charge in [-0.05, 0) is 20.3 Å². The van der Waals surface area contributed by atoms with E-state index in [1.165, 1.54) is 0 Å². The van der Waals surface area contributed by atoms with Crippen LogP contribution in [0.3, 0.4) is 0 Å². The van der Waals surface area contributed by atoms with Gasteiger partial charge >= 0.3 is 0 Å². The third kappa shape index (κ3) is 3.37. The van der Waals surface area contributed by atoms with Gasteiger partial charge in [-0.15, -0.1) is 0 Å². The first kappa shape index (κ1) is 11.1. The minimum atomic E-state index is -0.755. The van der Waals surface area contributed by atoms with Crippen LogP contribution in [0, 0.1) is 0 Å². The van der Waals surface area contributed by atoms with E-state index in [4.69, 9.17) is 0 Å². The first-order chi connectivity index (χ1) is 6.13. The Morgan fingerprint density at radius 1 is 1.38 bits per heavy atom. The van der Waals surface area contributed by atoms with Crippen molar-refractivity contribution in [2.45, 2.75) is 39.3 Å². The number of hydrogen-bond donors (Lipinski definition) is 1. The van der Waals surface area contributed by atoms with Crippen LogP contribution in [0.2, 0.25) is 0 Å². The molecule has 78 valence electrons. The standard InChI is InChI=1S/C9H20N2OS/c1-4-5-13(12)11-6-8(2)10-9(3)7-11/h8-10H,4-7H2,1-3H3/t8-,9+,13?. The molecule has 1 saturated heterocycles. The Bertz CT molecular complexity index is 176. The van der Waals surface area contributed by atoms with Crippen molar-refractivity contribution in [3.8, 4) is 0 Å². The van der Waals surface area contributed by atoms with Gasteiger partial charge < -0.3 is 5.32 Å². The Kier molecular flexibility index (Phi) is 4.35. The van der Waals surface area contributed by atoms with Gasteiger partial charge in [-0.2, -0.15) is 0 Å². The van der Waals surface area contributed by atoms with Crippen molar-refractivity contribution >= 4 is 11.0 Å². The quantitative estimate of drug-likeness (QED) is 0.735. The van der Waals surface area contributed by atoms with Gasteiger partial charge in [0.1, 0.15) is 0 Å². The number of hydrogen-bond acceptors (Lipinski definition) is 2. The van der Waals surface area contributed by atoms with Crippen LogP contribution in [0.25, 0.3) is 0 Å². The van der Waals surface area contributed by atoms with Crippen LogP contribution in [0.5, 0.6) is 0 Å². The van der Waals surface area contributed by atoms with E-state index < -0.39 is 11.0 Å². The Hall–Kier alpha value is 0.0700. The second-order valence-electron chi connectivity index (χ2n) is 3.84. The van der Waals surface area contributed by atoms with Crippen molar-refractivity contribution in [2.24, 2.45) is 0 Å². The number of piperazine rings is 1. The van der Waals surface area contributed by atoms with E-state index in [9.17, 15) is 4.21 Å². The number of rotatable bonds is 3. The summed E-state index contributed by atoms with van der Waals surface area (Å²) in [6, 6.07) is 0.925. The van der Waals surface area contributed by atoms with Crippen LogP contribution in [0.15, 0.2) is 0 Å². The molecule has 1 heterocycles. The van der Waals surface area contributed by atoms with Gasteiger partial charge in [0.15, 0.2) is 0 Å². The average Bonchev–Trinajstić information content (AvgIpc) is 2.03. The Balaban J connectivity index is 2.45. The highest BCUT2D eigenvalue weighted by Gasteiger charge is 2.23. The minimum absolute atomic E-state index is 0.463. The lowest BCUT2D eigenvalue weighted by Crippen LogP contribution is -2.54. The molecular weight excluding hydrogens is 184 g/mol. The van der Waals surface area contributed by atoms with Gasteiger partial charge in [-0.1, -0.05) is 6.92 Å². The fourth-order valence-electron chi connectivity index (χ4n) is 1.75. The molecular formula is C9H20N2OS. The van der Waals surface area contributed by atoms with E-state index in [1.807, 2.05) is 0 Å². The maximum Gasteiger partial charge on any atom is 0.0943 e. The Morgan fingerprint density at radius 3 is 2.38 bits per heavy atom. The highest BCUT2D eigenvalue weighted by Crippen LogP contribution is 2.07. The van der Waals surface area contributed by atoms with E-state index in [1.54, 1.807) is 0 Å². The zero-order valence-electron chi connectivity index (χ0n) is 8.75. The molecule has 0 aromatic heterocycles. The molecule has 0 amide bonds. The predicted octanol–water partition coefficient (Wildman–Crippen LogP) is 0.742. The SMILES string of the molecule is CCCS(=O)N1C[C@@H](C)N[C@@H](C)C1. The summed E-state index contributed by atoms with van der Waals surface area (Å²) in [5, 5.41) is 3.43. The monoisotopic (exact) mass is 204 g/mol. The van der Waals surface area contributed by atoms with E-state index in [0.717, 1.165) is 25.3 Å². The lowest BCUT2D eigenvalue weighted by molar-refractivity contribution is 0.272. The summed E-state index contributed by atoms with van der Waals surface area (Å²) < 4.78 is 13.8. The number of nitrogens with zero attached hydrogens (tertiary/aromatic N) is 1. The fraction of sp³-hybridized carbons (Fsp3) is 1.00. The molecule has 13 heavy (non-hydrogen) atoms. The summed E-state index contributed by atoms with van der Waals surface area (Å²) in [7, 11) is -0.755. The largest absolute Gasteiger partial charge is 0.309 e. The van der Waals surface area contributed by atoms with Gasteiger partial charge in [0, 0.05) is 30.9 Å². The molecule has 3 nitrogen and oxygen atoms in total. The fourth-order valence-corrected chi connectivity index (χ4v) is 3.13. The highest BCUT2D eigenvalue weighted by atomic mass is 32.2. The number of nitrogens with one attached hydrogen (secondary N) is 1. The lowest BCUT2D eigenvalue weighted by Gasteiger charge is -2.34. The zero-order chi connectivity index (χ0) is 9.84. The van der Waals surface area contributed by atoms with Gasteiger partial charge in [0.05, 0.1) is 11.0 Å².